The number of hydrogen-bond donors (Lipinski definition) is 1. The van der Waals surface area contributed by atoms with Crippen LogP contribution in [-0.2, 0) is 14.3 Å². The van der Waals surface area contributed by atoms with Crippen molar-refractivity contribution in [2.75, 3.05) is 13.2 Å². The summed E-state index contributed by atoms with van der Waals surface area (Å²) in [4.78, 5) is 11.9. The van der Waals surface area contributed by atoms with Gasteiger partial charge in [-0.05, 0) is 31.0 Å². The third-order valence-corrected chi connectivity index (χ3v) is 2.77. The van der Waals surface area contributed by atoms with E-state index in [4.69, 9.17) is 9.47 Å². The maximum Gasteiger partial charge on any atom is 0.313 e. The van der Waals surface area contributed by atoms with E-state index in [1.165, 1.54) is 0 Å². The summed E-state index contributed by atoms with van der Waals surface area (Å²) in [6, 6.07) is 6.66. The zero-order valence-electron chi connectivity index (χ0n) is 9.76. The molecular formula is C13H16O4. The van der Waals surface area contributed by atoms with Crippen LogP contribution in [0.15, 0.2) is 24.3 Å². The van der Waals surface area contributed by atoms with Crippen molar-refractivity contribution in [1.29, 1.82) is 0 Å². The number of benzene rings is 1. The fourth-order valence-electron chi connectivity index (χ4n) is 1.78. The Morgan fingerprint density at radius 2 is 2.18 bits per heavy atom. The van der Waals surface area contributed by atoms with Gasteiger partial charge in [-0.2, -0.15) is 0 Å². The Labute approximate surface area is 100 Å². The van der Waals surface area contributed by atoms with Gasteiger partial charge in [0, 0.05) is 0 Å². The first-order valence-electron chi connectivity index (χ1n) is 5.78. The monoisotopic (exact) mass is 236 g/mol. The van der Waals surface area contributed by atoms with E-state index < -0.39 is 0 Å². The standard InChI is InChI=1S/C13H16O4/c1-2-16-13(15)12(7-11-8-17-11)9-3-5-10(14)6-4-9/h3-6,11-12,14H,2,7-8H2,1H3/t11?,12-/m1/s1. The number of rotatable bonds is 5. The van der Waals surface area contributed by atoms with E-state index in [1.54, 1.807) is 31.2 Å². The Balaban J connectivity index is 2.12. The van der Waals surface area contributed by atoms with Gasteiger partial charge < -0.3 is 14.6 Å². The van der Waals surface area contributed by atoms with Crippen molar-refractivity contribution in [3.8, 4) is 5.75 Å². The molecule has 1 fully saturated rings. The average molecular weight is 236 g/mol. The molecule has 1 heterocycles. The lowest BCUT2D eigenvalue weighted by molar-refractivity contribution is -0.145. The Morgan fingerprint density at radius 3 is 2.71 bits per heavy atom. The maximum atomic E-state index is 11.9. The van der Waals surface area contributed by atoms with Crippen molar-refractivity contribution in [2.45, 2.75) is 25.4 Å². The van der Waals surface area contributed by atoms with Gasteiger partial charge in [0.2, 0.25) is 0 Å². The predicted octanol–water partition coefficient (Wildman–Crippen LogP) is 1.83. The first-order valence-corrected chi connectivity index (χ1v) is 5.78. The highest BCUT2D eigenvalue weighted by molar-refractivity contribution is 5.78. The lowest BCUT2D eigenvalue weighted by atomic mass is 9.94. The predicted molar refractivity (Wildman–Crippen MR) is 61.8 cm³/mol. The molecule has 1 aliphatic rings. The zero-order valence-corrected chi connectivity index (χ0v) is 9.76. The van der Waals surface area contributed by atoms with Crippen LogP contribution < -0.4 is 0 Å². The van der Waals surface area contributed by atoms with Crippen molar-refractivity contribution >= 4 is 5.97 Å². The molecular weight excluding hydrogens is 220 g/mol. The third-order valence-electron chi connectivity index (χ3n) is 2.77. The van der Waals surface area contributed by atoms with Crippen LogP contribution in [0.3, 0.4) is 0 Å². The summed E-state index contributed by atoms with van der Waals surface area (Å²) in [6.45, 7) is 2.88. The van der Waals surface area contributed by atoms with E-state index >= 15 is 0 Å². The topological polar surface area (TPSA) is 59.1 Å². The van der Waals surface area contributed by atoms with E-state index in [2.05, 4.69) is 0 Å². The molecule has 0 bridgehead atoms. The van der Waals surface area contributed by atoms with Crippen molar-refractivity contribution in [2.24, 2.45) is 0 Å². The molecule has 0 spiro atoms. The number of phenols is 1. The molecule has 2 atom stereocenters. The van der Waals surface area contributed by atoms with Crippen molar-refractivity contribution in [3.05, 3.63) is 29.8 Å². The quantitative estimate of drug-likeness (QED) is 0.626. The number of phenolic OH excluding ortho intramolecular Hbond substituents is 1. The van der Waals surface area contributed by atoms with Gasteiger partial charge >= 0.3 is 5.97 Å². The summed E-state index contributed by atoms with van der Waals surface area (Å²) in [6.07, 6.45) is 0.807. The van der Waals surface area contributed by atoms with Crippen molar-refractivity contribution in [1.82, 2.24) is 0 Å². The summed E-state index contributed by atoms with van der Waals surface area (Å²) in [5.74, 6) is -0.337. The van der Waals surface area contributed by atoms with Crippen LogP contribution in [0.1, 0.15) is 24.8 Å². The maximum absolute atomic E-state index is 11.9. The van der Waals surface area contributed by atoms with Crippen molar-refractivity contribution < 1.29 is 19.4 Å². The number of aromatic hydroxyl groups is 1. The number of esters is 1. The van der Waals surface area contributed by atoms with E-state index in [1.807, 2.05) is 0 Å². The molecule has 1 aliphatic heterocycles. The smallest absolute Gasteiger partial charge is 0.313 e. The summed E-state index contributed by atoms with van der Waals surface area (Å²) in [7, 11) is 0. The number of ether oxygens (including phenoxy) is 2. The highest BCUT2D eigenvalue weighted by atomic mass is 16.6. The Hall–Kier alpha value is -1.55. The van der Waals surface area contributed by atoms with Crippen LogP contribution in [-0.4, -0.2) is 30.4 Å². The summed E-state index contributed by atoms with van der Waals surface area (Å²) >= 11 is 0. The van der Waals surface area contributed by atoms with Gasteiger partial charge in [-0.25, -0.2) is 0 Å². The summed E-state index contributed by atoms with van der Waals surface area (Å²) < 4.78 is 10.2. The van der Waals surface area contributed by atoms with Gasteiger partial charge in [-0.15, -0.1) is 0 Å². The van der Waals surface area contributed by atoms with Crippen LogP contribution in [0.25, 0.3) is 0 Å². The van der Waals surface area contributed by atoms with E-state index in [0.29, 0.717) is 19.6 Å². The molecule has 1 aromatic carbocycles. The Kier molecular flexibility index (Phi) is 3.64. The molecule has 0 aromatic heterocycles. The van der Waals surface area contributed by atoms with Gasteiger partial charge in [-0.3, -0.25) is 4.79 Å². The van der Waals surface area contributed by atoms with Gasteiger partial charge in [0.15, 0.2) is 0 Å². The number of epoxide rings is 1. The molecule has 1 aromatic rings. The largest absolute Gasteiger partial charge is 0.508 e. The van der Waals surface area contributed by atoms with Gasteiger partial charge in [0.25, 0.3) is 0 Å². The number of carbonyl (C=O) groups is 1. The second-order valence-corrected chi connectivity index (χ2v) is 4.09. The highest BCUT2D eigenvalue weighted by Gasteiger charge is 2.32. The molecule has 0 aliphatic carbocycles. The minimum Gasteiger partial charge on any atom is -0.508 e. The molecule has 1 unspecified atom stereocenters. The zero-order chi connectivity index (χ0) is 12.3. The Morgan fingerprint density at radius 1 is 1.53 bits per heavy atom. The normalized spacial score (nSPS) is 19.7. The molecule has 4 heteroatoms. The fourth-order valence-corrected chi connectivity index (χ4v) is 1.78. The fraction of sp³-hybridized carbons (Fsp3) is 0.462. The lowest BCUT2D eigenvalue weighted by Crippen LogP contribution is -2.17. The highest BCUT2D eigenvalue weighted by Crippen LogP contribution is 2.29. The molecule has 0 radical (unpaired) electrons. The lowest BCUT2D eigenvalue weighted by Gasteiger charge is -2.14. The second-order valence-electron chi connectivity index (χ2n) is 4.09. The molecule has 2 rings (SSSR count). The summed E-state index contributed by atoms with van der Waals surface area (Å²) in [5.41, 5.74) is 0.858. The van der Waals surface area contributed by atoms with E-state index in [-0.39, 0.29) is 23.7 Å². The minimum absolute atomic E-state index is 0.165. The minimum atomic E-state index is -0.303. The number of carbonyl (C=O) groups excluding carboxylic acids is 1. The van der Waals surface area contributed by atoms with Gasteiger partial charge in [0.05, 0.1) is 25.2 Å². The van der Waals surface area contributed by atoms with Gasteiger partial charge in [0.1, 0.15) is 5.75 Å². The van der Waals surface area contributed by atoms with Gasteiger partial charge in [-0.1, -0.05) is 12.1 Å². The first-order chi connectivity index (χ1) is 8.20. The van der Waals surface area contributed by atoms with Crippen LogP contribution in [0.5, 0.6) is 5.75 Å². The summed E-state index contributed by atoms with van der Waals surface area (Å²) in [5, 5.41) is 9.23. The SMILES string of the molecule is CCOC(=O)[C@H](CC1CO1)c1ccc(O)cc1. The molecule has 92 valence electrons. The average Bonchev–Trinajstić information content (AvgIpc) is 3.11. The number of hydrogen-bond acceptors (Lipinski definition) is 4. The Bertz CT molecular complexity index is 381. The van der Waals surface area contributed by atoms with Crippen LogP contribution in [0.4, 0.5) is 0 Å². The van der Waals surface area contributed by atoms with Crippen molar-refractivity contribution in [3.63, 3.8) is 0 Å². The van der Waals surface area contributed by atoms with Crippen LogP contribution in [0, 0.1) is 0 Å². The molecule has 4 nitrogen and oxygen atoms in total. The molecule has 17 heavy (non-hydrogen) atoms. The third kappa shape index (κ3) is 3.20. The van der Waals surface area contributed by atoms with E-state index in [0.717, 1.165) is 5.56 Å². The van der Waals surface area contributed by atoms with Crippen LogP contribution >= 0.6 is 0 Å². The molecule has 1 saturated heterocycles. The molecule has 0 saturated carbocycles. The first kappa shape index (κ1) is 11.9. The van der Waals surface area contributed by atoms with Crippen LogP contribution in [0.2, 0.25) is 0 Å². The molecule has 1 N–H and O–H groups in total. The second kappa shape index (κ2) is 5.19. The van der Waals surface area contributed by atoms with E-state index in [9.17, 15) is 9.90 Å². The molecule has 0 amide bonds.